The van der Waals surface area contributed by atoms with Gasteiger partial charge in [-0.1, -0.05) is 29.8 Å². The Labute approximate surface area is 90.7 Å². The molecule has 1 aliphatic rings. The number of amides is 1. The summed E-state index contributed by atoms with van der Waals surface area (Å²) in [5.41, 5.74) is 2.39. The van der Waals surface area contributed by atoms with E-state index in [1.165, 1.54) is 11.1 Å². The molecule has 2 heteroatoms. The largest absolute Gasteiger partial charge is 0.351 e. The Morgan fingerprint density at radius 3 is 2.67 bits per heavy atom. The van der Waals surface area contributed by atoms with Gasteiger partial charge in [-0.05, 0) is 26.3 Å². The molecular formula is C13H17NO. The normalized spacial score (nSPS) is 23.9. The Morgan fingerprint density at radius 2 is 2.13 bits per heavy atom. The van der Waals surface area contributed by atoms with E-state index in [0.717, 1.165) is 0 Å². The highest BCUT2D eigenvalue weighted by Crippen LogP contribution is 2.36. The molecule has 80 valence electrons. The van der Waals surface area contributed by atoms with Crippen LogP contribution >= 0.6 is 0 Å². The molecule has 0 bridgehead atoms. The summed E-state index contributed by atoms with van der Waals surface area (Å²) in [5.74, 6) is 0.455. The van der Waals surface area contributed by atoms with Gasteiger partial charge in [0.1, 0.15) is 0 Å². The van der Waals surface area contributed by atoms with Gasteiger partial charge < -0.3 is 5.32 Å². The smallest absolute Gasteiger partial charge is 0.221 e. The Morgan fingerprint density at radius 1 is 1.40 bits per heavy atom. The molecule has 0 aromatic heterocycles. The second-order valence-corrected chi connectivity index (χ2v) is 4.94. The highest BCUT2D eigenvalue weighted by molar-refractivity contribution is 5.81. The van der Waals surface area contributed by atoms with Crippen LogP contribution in [0.2, 0.25) is 0 Å². The van der Waals surface area contributed by atoms with Crippen LogP contribution in [-0.4, -0.2) is 11.4 Å². The van der Waals surface area contributed by atoms with E-state index in [0.29, 0.717) is 12.3 Å². The van der Waals surface area contributed by atoms with Crippen molar-refractivity contribution >= 4 is 5.91 Å². The summed E-state index contributed by atoms with van der Waals surface area (Å²) in [6.07, 6.45) is 0.608. The Bertz CT molecular complexity index is 395. The second-order valence-electron chi connectivity index (χ2n) is 4.94. The molecule has 1 aromatic carbocycles. The van der Waals surface area contributed by atoms with Gasteiger partial charge in [0, 0.05) is 17.9 Å². The monoisotopic (exact) mass is 203 g/mol. The van der Waals surface area contributed by atoms with Gasteiger partial charge in [0.15, 0.2) is 0 Å². The third-order valence-corrected chi connectivity index (χ3v) is 3.17. The van der Waals surface area contributed by atoms with Gasteiger partial charge in [-0.2, -0.15) is 0 Å². The van der Waals surface area contributed by atoms with Gasteiger partial charge in [-0.3, -0.25) is 4.79 Å². The average molecular weight is 203 g/mol. The number of carbonyl (C=O) groups excluding carboxylic acids is 1. The zero-order valence-corrected chi connectivity index (χ0v) is 9.50. The van der Waals surface area contributed by atoms with Crippen LogP contribution in [0.25, 0.3) is 0 Å². The van der Waals surface area contributed by atoms with Crippen LogP contribution in [0.15, 0.2) is 24.3 Å². The maximum absolute atomic E-state index is 11.4. The fraction of sp³-hybridized carbons (Fsp3) is 0.462. The minimum atomic E-state index is -0.120. The van der Waals surface area contributed by atoms with Crippen molar-refractivity contribution in [3.8, 4) is 0 Å². The van der Waals surface area contributed by atoms with Gasteiger partial charge in [-0.25, -0.2) is 0 Å². The van der Waals surface area contributed by atoms with E-state index >= 15 is 0 Å². The molecule has 15 heavy (non-hydrogen) atoms. The lowest BCUT2D eigenvalue weighted by Gasteiger charge is -2.26. The summed E-state index contributed by atoms with van der Waals surface area (Å²) in [6, 6.07) is 8.43. The van der Waals surface area contributed by atoms with Crippen molar-refractivity contribution in [1.29, 1.82) is 0 Å². The van der Waals surface area contributed by atoms with Crippen molar-refractivity contribution in [1.82, 2.24) is 5.32 Å². The molecule has 1 atom stereocenters. The van der Waals surface area contributed by atoms with Gasteiger partial charge in [0.2, 0.25) is 5.91 Å². The van der Waals surface area contributed by atoms with E-state index in [1.807, 2.05) is 0 Å². The van der Waals surface area contributed by atoms with Crippen LogP contribution in [0.3, 0.4) is 0 Å². The Balaban J connectivity index is 2.35. The second kappa shape index (κ2) is 3.37. The molecule has 1 fully saturated rings. The minimum Gasteiger partial charge on any atom is -0.351 e. The van der Waals surface area contributed by atoms with E-state index in [2.05, 4.69) is 50.4 Å². The van der Waals surface area contributed by atoms with Crippen molar-refractivity contribution in [2.75, 3.05) is 0 Å². The van der Waals surface area contributed by atoms with E-state index in [-0.39, 0.29) is 11.4 Å². The third-order valence-electron chi connectivity index (χ3n) is 3.17. The lowest BCUT2D eigenvalue weighted by Crippen LogP contribution is -2.38. The van der Waals surface area contributed by atoms with Gasteiger partial charge in [0.05, 0.1) is 0 Å². The predicted molar refractivity (Wildman–Crippen MR) is 60.8 cm³/mol. The number of rotatable bonds is 1. The number of nitrogens with one attached hydrogen (secondary N) is 1. The summed E-state index contributed by atoms with van der Waals surface area (Å²) < 4.78 is 0. The Hall–Kier alpha value is -1.31. The van der Waals surface area contributed by atoms with Gasteiger partial charge in [-0.15, -0.1) is 0 Å². The zero-order chi connectivity index (χ0) is 11.1. The average Bonchev–Trinajstić information content (AvgIpc) is 2.39. The van der Waals surface area contributed by atoms with E-state index in [1.54, 1.807) is 0 Å². The summed E-state index contributed by atoms with van der Waals surface area (Å²) in [6.45, 7) is 6.26. The number of carbonyl (C=O) groups is 1. The molecule has 2 nitrogen and oxygen atoms in total. The van der Waals surface area contributed by atoms with Crippen molar-refractivity contribution in [2.24, 2.45) is 0 Å². The van der Waals surface area contributed by atoms with Crippen LogP contribution in [0.4, 0.5) is 0 Å². The minimum absolute atomic E-state index is 0.120. The van der Waals surface area contributed by atoms with Crippen molar-refractivity contribution < 1.29 is 4.79 Å². The highest BCUT2D eigenvalue weighted by atomic mass is 16.2. The first-order valence-corrected chi connectivity index (χ1v) is 5.36. The first-order chi connectivity index (χ1) is 6.99. The van der Waals surface area contributed by atoms with E-state index in [9.17, 15) is 4.79 Å². The molecule has 1 aromatic rings. The van der Waals surface area contributed by atoms with E-state index in [4.69, 9.17) is 0 Å². The molecular weight excluding hydrogens is 186 g/mol. The van der Waals surface area contributed by atoms with Gasteiger partial charge in [0.25, 0.3) is 0 Å². The fourth-order valence-electron chi connectivity index (χ4n) is 2.36. The number of benzene rings is 1. The summed E-state index contributed by atoms with van der Waals surface area (Å²) in [4.78, 5) is 11.4. The molecule has 1 unspecified atom stereocenters. The van der Waals surface area contributed by atoms with Crippen LogP contribution in [0.1, 0.15) is 37.3 Å². The standard InChI is InChI=1S/C13H17NO/c1-9-5-4-6-10(7-9)11-8-12(15)14-13(11,2)3/h4-7,11H,8H2,1-3H3,(H,14,15). The molecule has 0 saturated carbocycles. The molecule has 1 saturated heterocycles. The summed E-state index contributed by atoms with van der Waals surface area (Å²) in [7, 11) is 0. The SMILES string of the molecule is Cc1cccc(C2CC(=O)NC2(C)C)c1. The molecule has 2 rings (SSSR count). The summed E-state index contributed by atoms with van der Waals surface area (Å²) in [5, 5.41) is 3.02. The van der Waals surface area contributed by atoms with Crippen molar-refractivity contribution in [3.63, 3.8) is 0 Å². The molecule has 0 spiro atoms. The highest BCUT2D eigenvalue weighted by Gasteiger charge is 2.39. The lowest BCUT2D eigenvalue weighted by molar-refractivity contribution is -0.119. The van der Waals surface area contributed by atoms with Crippen LogP contribution < -0.4 is 5.32 Å². The van der Waals surface area contributed by atoms with Crippen LogP contribution in [0, 0.1) is 6.92 Å². The molecule has 1 N–H and O–H groups in total. The first-order valence-electron chi connectivity index (χ1n) is 5.36. The maximum Gasteiger partial charge on any atom is 0.221 e. The maximum atomic E-state index is 11.4. The Kier molecular flexibility index (Phi) is 2.29. The van der Waals surface area contributed by atoms with Crippen molar-refractivity contribution in [2.45, 2.75) is 38.6 Å². The first kappa shape index (κ1) is 10.2. The number of hydrogen-bond donors (Lipinski definition) is 1. The number of aryl methyl sites for hydroxylation is 1. The third kappa shape index (κ3) is 1.89. The molecule has 1 aliphatic heterocycles. The molecule has 1 heterocycles. The number of hydrogen-bond acceptors (Lipinski definition) is 1. The molecule has 0 aliphatic carbocycles. The topological polar surface area (TPSA) is 29.1 Å². The molecule has 0 radical (unpaired) electrons. The van der Waals surface area contributed by atoms with Crippen LogP contribution in [-0.2, 0) is 4.79 Å². The van der Waals surface area contributed by atoms with Crippen LogP contribution in [0.5, 0.6) is 0 Å². The van der Waals surface area contributed by atoms with Gasteiger partial charge >= 0.3 is 0 Å². The van der Waals surface area contributed by atoms with E-state index < -0.39 is 0 Å². The lowest BCUT2D eigenvalue weighted by atomic mass is 9.83. The predicted octanol–water partition coefficient (Wildman–Crippen LogP) is 2.38. The molecule has 1 amide bonds. The quantitative estimate of drug-likeness (QED) is 0.746. The zero-order valence-electron chi connectivity index (χ0n) is 9.50. The van der Waals surface area contributed by atoms with Crippen molar-refractivity contribution in [3.05, 3.63) is 35.4 Å². The summed E-state index contributed by atoms with van der Waals surface area (Å²) >= 11 is 0. The fourth-order valence-corrected chi connectivity index (χ4v) is 2.36.